The van der Waals surface area contributed by atoms with E-state index >= 15 is 0 Å². The summed E-state index contributed by atoms with van der Waals surface area (Å²) in [7, 11) is 0. The summed E-state index contributed by atoms with van der Waals surface area (Å²) < 4.78 is 12.7. The van der Waals surface area contributed by atoms with Gasteiger partial charge in [0.15, 0.2) is 17.1 Å². The number of ether oxygens (including phenoxy) is 2. The number of benzene rings is 2. The summed E-state index contributed by atoms with van der Waals surface area (Å²) >= 11 is 0. The molecular formula is C27H28N6O3. The largest absolute Gasteiger partial charge is 0.454 e. The van der Waals surface area contributed by atoms with Crippen molar-refractivity contribution in [2.24, 2.45) is 0 Å². The number of fused-ring (bicyclic) bond motifs is 2. The molecule has 0 atom stereocenters. The van der Waals surface area contributed by atoms with Gasteiger partial charge in [0, 0.05) is 38.2 Å². The van der Waals surface area contributed by atoms with E-state index in [1.165, 1.54) is 0 Å². The predicted molar refractivity (Wildman–Crippen MR) is 136 cm³/mol. The number of amides is 1. The first-order valence-corrected chi connectivity index (χ1v) is 12.3. The minimum absolute atomic E-state index is 0.00131. The van der Waals surface area contributed by atoms with Crippen LogP contribution in [0.5, 0.6) is 11.5 Å². The number of para-hydroxylation sites is 1. The number of nitrogens with zero attached hydrogens (tertiary/aromatic N) is 6. The van der Waals surface area contributed by atoms with Gasteiger partial charge in [0.05, 0.1) is 16.8 Å². The van der Waals surface area contributed by atoms with Crippen LogP contribution in [0.3, 0.4) is 0 Å². The van der Waals surface area contributed by atoms with Crippen LogP contribution in [0.4, 0.5) is 5.82 Å². The maximum atomic E-state index is 13.2. The molecule has 0 aliphatic carbocycles. The van der Waals surface area contributed by atoms with Crippen LogP contribution in [0.15, 0.2) is 42.5 Å². The standard InChI is InChI=1S/C27H28N6O3/c1-4-23-28-25(24-18(3)30-33(26(24)29-23)20-8-6-5-7-17(20)2)31-11-13-32(14-12-31)27(34)19-9-10-21-22(15-19)36-16-35-21/h5-10,15H,4,11-14,16H2,1-3H3. The van der Waals surface area contributed by atoms with E-state index in [-0.39, 0.29) is 12.7 Å². The predicted octanol–water partition coefficient (Wildman–Crippen LogP) is 3.69. The number of anilines is 1. The van der Waals surface area contributed by atoms with E-state index in [1.807, 2.05) is 28.6 Å². The maximum Gasteiger partial charge on any atom is 0.254 e. The highest BCUT2D eigenvalue weighted by molar-refractivity contribution is 5.95. The molecule has 0 N–H and O–H groups in total. The Morgan fingerprint density at radius 3 is 2.53 bits per heavy atom. The maximum absolute atomic E-state index is 13.2. The topological polar surface area (TPSA) is 85.6 Å². The summed E-state index contributed by atoms with van der Waals surface area (Å²) in [6.45, 7) is 8.91. The Kier molecular flexibility index (Phi) is 5.47. The Labute approximate surface area is 209 Å². The summed E-state index contributed by atoms with van der Waals surface area (Å²) in [5.41, 5.74) is 4.48. The number of aryl methyl sites for hydroxylation is 3. The average Bonchev–Trinajstić information content (AvgIpc) is 3.52. The second-order valence-corrected chi connectivity index (χ2v) is 9.15. The Morgan fingerprint density at radius 1 is 0.972 bits per heavy atom. The molecule has 184 valence electrons. The molecule has 0 saturated carbocycles. The Hall–Kier alpha value is -4.14. The molecule has 1 saturated heterocycles. The molecule has 0 unspecified atom stereocenters. The molecule has 2 aromatic heterocycles. The van der Waals surface area contributed by atoms with Gasteiger partial charge in [0.1, 0.15) is 11.6 Å². The SMILES string of the molecule is CCc1nc(N2CCN(C(=O)c3ccc4c(c3)OCO4)CC2)c2c(C)nn(-c3ccccc3C)c2n1. The summed E-state index contributed by atoms with van der Waals surface area (Å²) in [6.07, 6.45) is 0.726. The number of carbonyl (C=O) groups is 1. The molecule has 0 radical (unpaired) electrons. The average molecular weight is 485 g/mol. The molecule has 0 bridgehead atoms. The van der Waals surface area contributed by atoms with Gasteiger partial charge < -0.3 is 19.3 Å². The van der Waals surface area contributed by atoms with Crippen molar-refractivity contribution in [3.05, 3.63) is 65.1 Å². The molecular weight excluding hydrogens is 456 g/mol. The fourth-order valence-corrected chi connectivity index (χ4v) is 4.89. The zero-order valence-electron chi connectivity index (χ0n) is 20.7. The zero-order valence-corrected chi connectivity index (χ0v) is 20.7. The number of hydrogen-bond acceptors (Lipinski definition) is 7. The molecule has 4 aromatic rings. The van der Waals surface area contributed by atoms with Crippen LogP contribution in [-0.2, 0) is 6.42 Å². The highest BCUT2D eigenvalue weighted by Gasteiger charge is 2.27. The molecule has 2 aliphatic rings. The zero-order chi connectivity index (χ0) is 24.8. The van der Waals surface area contributed by atoms with Crippen LogP contribution in [-0.4, -0.2) is 63.5 Å². The van der Waals surface area contributed by atoms with E-state index in [2.05, 4.69) is 30.9 Å². The minimum Gasteiger partial charge on any atom is -0.454 e. The van der Waals surface area contributed by atoms with E-state index in [1.54, 1.807) is 18.2 Å². The molecule has 36 heavy (non-hydrogen) atoms. The highest BCUT2D eigenvalue weighted by atomic mass is 16.7. The first-order chi connectivity index (χ1) is 17.5. The summed E-state index contributed by atoms with van der Waals surface area (Å²) in [4.78, 5) is 27.1. The van der Waals surface area contributed by atoms with Crippen molar-refractivity contribution in [3.8, 4) is 17.2 Å². The second kappa shape index (κ2) is 8.82. The van der Waals surface area contributed by atoms with Crippen molar-refractivity contribution in [3.63, 3.8) is 0 Å². The van der Waals surface area contributed by atoms with Gasteiger partial charge in [-0.15, -0.1) is 0 Å². The fourth-order valence-electron chi connectivity index (χ4n) is 4.89. The van der Waals surface area contributed by atoms with Gasteiger partial charge in [-0.05, 0) is 43.7 Å². The van der Waals surface area contributed by atoms with Crippen molar-refractivity contribution in [1.29, 1.82) is 0 Å². The van der Waals surface area contributed by atoms with E-state index in [9.17, 15) is 4.79 Å². The van der Waals surface area contributed by atoms with Crippen molar-refractivity contribution >= 4 is 22.8 Å². The van der Waals surface area contributed by atoms with Crippen LogP contribution >= 0.6 is 0 Å². The summed E-state index contributed by atoms with van der Waals surface area (Å²) in [5.74, 6) is 2.97. The second-order valence-electron chi connectivity index (χ2n) is 9.15. The van der Waals surface area contributed by atoms with Crippen molar-refractivity contribution < 1.29 is 14.3 Å². The Bertz CT molecular complexity index is 1470. The van der Waals surface area contributed by atoms with E-state index in [0.29, 0.717) is 43.2 Å². The van der Waals surface area contributed by atoms with Gasteiger partial charge in [0.25, 0.3) is 5.91 Å². The van der Waals surface area contributed by atoms with E-state index < -0.39 is 0 Å². The van der Waals surface area contributed by atoms with Crippen LogP contribution in [0, 0.1) is 13.8 Å². The first-order valence-electron chi connectivity index (χ1n) is 12.3. The number of aromatic nitrogens is 4. The molecule has 0 spiro atoms. The lowest BCUT2D eigenvalue weighted by molar-refractivity contribution is 0.0746. The van der Waals surface area contributed by atoms with Gasteiger partial charge in [-0.3, -0.25) is 4.79 Å². The van der Waals surface area contributed by atoms with Crippen LogP contribution in [0.25, 0.3) is 16.7 Å². The van der Waals surface area contributed by atoms with E-state index in [4.69, 9.17) is 24.5 Å². The third-order valence-electron chi connectivity index (χ3n) is 6.88. The van der Waals surface area contributed by atoms with Gasteiger partial charge in [0.2, 0.25) is 6.79 Å². The Morgan fingerprint density at radius 2 is 1.75 bits per heavy atom. The fraction of sp³-hybridized carbons (Fsp3) is 0.333. The lowest BCUT2D eigenvalue weighted by atomic mass is 10.1. The normalized spacial score (nSPS) is 15.1. The molecule has 2 aromatic carbocycles. The molecule has 1 amide bonds. The van der Waals surface area contributed by atoms with Crippen LogP contribution in [0.2, 0.25) is 0 Å². The van der Waals surface area contributed by atoms with Crippen LogP contribution < -0.4 is 14.4 Å². The molecule has 9 nitrogen and oxygen atoms in total. The number of rotatable bonds is 4. The van der Waals surface area contributed by atoms with Crippen molar-refractivity contribution in [1.82, 2.24) is 24.6 Å². The number of carbonyl (C=O) groups excluding carboxylic acids is 1. The molecule has 2 aliphatic heterocycles. The summed E-state index contributed by atoms with van der Waals surface area (Å²) in [5, 5.41) is 5.83. The molecule has 6 rings (SSSR count). The highest BCUT2D eigenvalue weighted by Crippen LogP contribution is 2.33. The van der Waals surface area contributed by atoms with E-state index in [0.717, 1.165) is 46.0 Å². The van der Waals surface area contributed by atoms with Crippen LogP contribution in [0.1, 0.15) is 34.4 Å². The summed E-state index contributed by atoms with van der Waals surface area (Å²) in [6, 6.07) is 13.6. The van der Waals surface area contributed by atoms with Gasteiger partial charge in [-0.25, -0.2) is 14.6 Å². The first kappa shape index (κ1) is 22.3. The Balaban J connectivity index is 1.29. The number of piperazine rings is 1. The third-order valence-corrected chi connectivity index (χ3v) is 6.88. The van der Waals surface area contributed by atoms with Crippen molar-refractivity contribution in [2.45, 2.75) is 27.2 Å². The van der Waals surface area contributed by atoms with Gasteiger partial charge in [-0.2, -0.15) is 5.10 Å². The monoisotopic (exact) mass is 484 g/mol. The minimum atomic E-state index is -0.00131. The quantitative estimate of drug-likeness (QED) is 0.437. The number of hydrogen-bond donors (Lipinski definition) is 0. The lowest BCUT2D eigenvalue weighted by Crippen LogP contribution is -2.49. The lowest BCUT2D eigenvalue weighted by Gasteiger charge is -2.35. The van der Waals surface area contributed by atoms with Crippen molar-refractivity contribution in [2.75, 3.05) is 37.9 Å². The molecule has 1 fully saturated rings. The van der Waals surface area contributed by atoms with Gasteiger partial charge >= 0.3 is 0 Å². The molecule has 9 heteroatoms. The third kappa shape index (κ3) is 3.71. The smallest absolute Gasteiger partial charge is 0.254 e. The molecule has 4 heterocycles. The van der Waals surface area contributed by atoms with Gasteiger partial charge in [-0.1, -0.05) is 25.1 Å².